The molecule has 2 amide bonds. The lowest BCUT2D eigenvalue weighted by molar-refractivity contribution is -0.123. The van der Waals surface area contributed by atoms with E-state index in [0.29, 0.717) is 5.56 Å². The number of carbonyl (C=O) groups excluding carboxylic acids is 2. The Bertz CT molecular complexity index is 492. The molecule has 0 spiro atoms. The van der Waals surface area contributed by atoms with E-state index < -0.39 is 0 Å². The molecule has 4 N–H and O–H groups in total. The molecule has 0 saturated carbocycles. The number of nitrogens with one attached hydrogen (secondary N) is 2. The Balaban J connectivity index is 1.76. The summed E-state index contributed by atoms with van der Waals surface area (Å²) in [4.78, 5) is 25.7. The summed E-state index contributed by atoms with van der Waals surface area (Å²) in [5, 5.41) is 0. The first kappa shape index (κ1) is 15.5. The van der Waals surface area contributed by atoms with Gasteiger partial charge >= 0.3 is 0 Å². The number of carbonyl (C=O) groups is 2. The second-order valence-electron chi connectivity index (χ2n) is 5.47. The van der Waals surface area contributed by atoms with Crippen LogP contribution >= 0.6 is 0 Å². The normalized spacial score (nSPS) is 22.6. The van der Waals surface area contributed by atoms with Gasteiger partial charge in [0.1, 0.15) is 0 Å². The van der Waals surface area contributed by atoms with E-state index in [1.54, 1.807) is 24.3 Å². The van der Waals surface area contributed by atoms with Crippen molar-refractivity contribution in [1.29, 1.82) is 0 Å². The largest absolute Gasteiger partial charge is 0.328 e. The van der Waals surface area contributed by atoms with E-state index in [4.69, 9.17) is 5.73 Å². The lowest BCUT2D eigenvalue weighted by Gasteiger charge is -2.35. The molecule has 2 rings (SSSR count). The minimum absolute atomic E-state index is 0.220. The number of hydrogen-bond donors (Lipinski definition) is 3. The zero-order chi connectivity index (χ0) is 15.2. The number of benzene rings is 1. The van der Waals surface area contributed by atoms with Gasteiger partial charge in [-0.2, -0.15) is 0 Å². The van der Waals surface area contributed by atoms with Gasteiger partial charge in [-0.3, -0.25) is 25.3 Å². The topological polar surface area (TPSA) is 87.5 Å². The first-order chi connectivity index (χ1) is 10.1. The third-order valence-corrected chi connectivity index (χ3v) is 3.75. The molecule has 1 heterocycles. The molecule has 1 aromatic carbocycles. The third kappa shape index (κ3) is 4.54. The number of likely N-dealkylation sites (tertiary alicyclic amines) is 1. The SMILES string of the molecule is CC1CC(N)CCN1CC(=O)NNC(=O)c1ccccc1. The van der Waals surface area contributed by atoms with E-state index in [-0.39, 0.29) is 30.4 Å². The van der Waals surface area contributed by atoms with Gasteiger partial charge in [-0.15, -0.1) is 0 Å². The van der Waals surface area contributed by atoms with Crippen LogP contribution in [0.15, 0.2) is 30.3 Å². The van der Waals surface area contributed by atoms with Crippen LogP contribution in [0.2, 0.25) is 0 Å². The van der Waals surface area contributed by atoms with Gasteiger partial charge in [-0.05, 0) is 31.9 Å². The molecule has 21 heavy (non-hydrogen) atoms. The Morgan fingerprint density at radius 3 is 2.67 bits per heavy atom. The van der Waals surface area contributed by atoms with Crippen LogP contribution in [-0.4, -0.2) is 41.9 Å². The number of amides is 2. The minimum Gasteiger partial charge on any atom is -0.328 e. The lowest BCUT2D eigenvalue weighted by atomic mass is 9.99. The summed E-state index contributed by atoms with van der Waals surface area (Å²) in [6.07, 6.45) is 1.79. The molecule has 1 fully saturated rings. The van der Waals surface area contributed by atoms with Crippen LogP contribution in [0.4, 0.5) is 0 Å². The molecular formula is C15H22N4O2. The van der Waals surface area contributed by atoms with Gasteiger partial charge < -0.3 is 5.73 Å². The standard InChI is InChI=1S/C15H22N4O2/c1-11-9-13(16)7-8-19(11)10-14(20)17-18-15(21)12-5-3-2-4-6-12/h2-6,11,13H,7-10,16H2,1H3,(H,17,20)(H,18,21). The van der Waals surface area contributed by atoms with Crippen molar-refractivity contribution in [3.05, 3.63) is 35.9 Å². The van der Waals surface area contributed by atoms with Crippen molar-refractivity contribution in [2.24, 2.45) is 5.73 Å². The fourth-order valence-corrected chi connectivity index (χ4v) is 2.50. The first-order valence-electron chi connectivity index (χ1n) is 7.20. The summed E-state index contributed by atoms with van der Waals surface area (Å²) in [5.74, 6) is -0.542. The van der Waals surface area contributed by atoms with E-state index in [0.717, 1.165) is 19.4 Å². The highest BCUT2D eigenvalue weighted by Crippen LogP contribution is 2.14. The molecule has 0 aliphatic carbocycles. The summed E-state index contributed by atoms with van der Waals surface area (Å²) in [6.45, 7) is 3.14. The maximum atomic E-state index is 11.9. The summed E-state index contributed by atoms with van der Waals surface area (Å²) in [7, 11) is 0. The molecule has 6 nitrogen and oxygen atoms in total. The Hall–Kier alpha value is -1.92. The van der Waals surface area contributed by atoms with Gasteiger partial charge in [0.05, 0.1) is 6.54 Å². The molecular weight excluding hydrogens is 268 g/mol. The summed E-state index contributed by atoms with van der Waals surface area (Å²) in [5.41, 5.74) is 11.3. The van der Waals surface area contributed by atoms with E-state index >= 15 is 0 Å². The number of piperidine rings is 1. The van der Waals surface area contributed by atoms with E-state index in [1.165, 1.54) is 0 Å². The smallest absolute Gasteiger partial charge is 0.269 e. The molecule has 1 saturated heterocycles. The van der Waals surface area contributed by atoms with Crippen LogP contribution in [0.3, 0.4) is 0 Å². The molecule has 1 aliphatic heterocycles. The molecule has 2 unspecified atom stereocenters. The molecule has 0 bridgehead atoms. The van der Waals surface area contributed by atoms with Crippen molar-refractivity contribution >= 4 is 11.8 Å². The molecule has 0 aromatic heterocycles. The van der Waals surface area contributed by atoms with Crippen LogP contribution < -0.4 is 16.6 Å². The first-order valence-corrected chi connectivity index (χ1v) is 7.20. The second-order valence-corrected chi connectivity index (χ2v) is 5.47. The van der Waals surface area contributed by atoms with Crippen LogP contribution in [0.25, 0.3) is 0 Å². The second kappa shape index (κ2) is 7.19. The van der Waals surface area contributed by atoms with Crippen LogP contribution in [-0.2, 0) is 4.79 Å². The zero-order valence-corrected chi connectivity index (χ0v) is 12.2. The zero-order valence-electron chi connectivity index (χ0n) is 12.2. The Morgan fingerprint density at radius 1 is 1.29 bits per heavy atom. The lowest BCUT2D eigenvalue weighted by Crippen LogP contribution is -2.51. The average Bonchev–Trinajstić information content (AvgIpc) is 2.48. The maximum absolute atomic E-state index is 11.9. The highest BCUT2D eigenvalue weighted by atomic mass is 16.2. The summed E-state index contributed by atoms with van der Waals surface area (Å²) in [6, 6.07) is 9.26. The minimum atomic E-state index is -0.322. The van der Waals surface area contributed by atoms with Crippen LogP contribution in [0.5, 0.6) is 0 Å². The third-order valence-electron chi connectivity index (χ3n) is 3.75. The quantitative estimate of drug-likeness (QED) is 0.697. The van der Waals surface area contributed by atoms with Crippen molar-refractivity contribution in [2.75, 3.05) is 13.1 Å². The van der Waals surface area contributed by atoms with Gasteiger partial charge in [0.25, 0.3) is 11.8 Å². The van der Waals surface area contributed by atoms with Gasteiger partial charge in [-0.1, -0.05) is 18.2 Å². The van der Waals surface area contributed by atoms with Crippen molar-refractivity contribution in [2.45, 2.75) is 31.8 Å². The fraction of sp³-hybridized carbons (Fsp3) is 0.467. The van der Waals surface area contributed by atoms with Crippen molar-refractivity contribution in [3.63, 3.8) is 0 Å². The van der Waals surface area contributed by atoms with Crippen molar-refractivity contribution in [1.82, 2.24) is 15.8 Å². The number of hydrazine groups is 1. The Morgan fingerprint density at radius 2 is 2.00 bits per heavy atom. The van der Waals surface area contributed by atoms with Gasteiger partial charge in [0.15, 0.2) is 0 Å². The molecule has 114 valence electrons. The van der Waals surface area contributed by atoms with Crippen molar-refractivity contribution < 1.29 is 9.59 Å². The number of rotatable bonds is 3. The number of hydrogen-bond acceptors (Lipinski definition) is 4. The van der Waals surface area contributed by atoms with Crippen LogP contribution in [0.1, 0.15) is 30.1 Å². The number of nitrogens with two attached hydrogens (primary N) is 1. The Labute approximate surface area is 124 Å². The van der Waals surface area contributed by atoms with Gasteiger partial charge in [0, 0.05) is 24.2 Å². The number of nitrogens with zero attached hydrogens (tertiary/aromatic N) is 1. The molecule has 1 aliphatic rings. The Kier molecular flexibility index (Phi) is 5.30. The predicted molar refractivity (Wildman–Crippen MR) is 80.3 cm³/mol. The summed E-state index contributed by atoms with van der Waals surface area (Å²) >= 11 is 0. The average molecular weight is 290 g/mol. The van der Waals surface area contributed by atoms with E-state index in [2.05, 4.69) is 22.7 Å². The molecule has 2 atom stereocenters. The summed E-state index contributed by atoms with van der Waals surface area (Å²) < 4.78 is 0. The predicted octanol–water partition coefficient (Wildman–Crippen LogP) is 0.259. The van der Waals surface area contributed by atoms with Gasteiger partial charge in [0.2, 0.25) is 0 Å². The maximum Gasteiger partial charge on any atom is 0.269 e. The van der Waals surface area contributed by atoms with E-state index in [1.807, 2.05) is 6.07 Å². The molecule has 1 aromatic rings. The van der Waals surface area contributed by atoms with E-state index in [9.17, 15) is 9.59 Å². The van der Waals surface area contributed by atoms with Gasteiger partial charge in [-0.25, -0.2) is 0 Å². The molecule has 6 heteroatoms. The van der Waals surface area contributed by atoms with Crippen molar-refractivity contribution in [3.8, 4) is 0 Å². The van der Waals surface area contributed by atoms with Crippen LogP contribution in [0, 0.1) is 0 Å². The highest BCUT2D eigenvalue weighted by Gasteiger charge is 2.24. The monoisotopic (exact) mass is 290 g/mol. The fourth-order valence-electron chi connectivity index (χ4n) is 2.50. The molecule has 0 radical (unpaired) electrons. The highest BCUT2D eigenvalue weighted by molar-refractivity contribution is 5.95.